The summed E-state index contributed by atoms with van der Waals surface area (Å²) in [7, 11) is 0. The molecule has 0 bridgehead atoms. The van der Waals surface area contributed by atoms with Gasteiger partial charge in [0, 0.05) is 6.54 Å². The van der Waals surface area contributed by atoms with Crippen molar-refractivity contribution in [1.82, 2.24) is 20.2 Å². The van der Waals surface area contributed by atoms with Gasteiger partial charge in [0.1, 0.15) is 6.54 Å². The van der Waals surface area contributed by atoms with Crippen LogP contribution in [0.4, 0.5) is 31.1 Å². The highest BCUT2D eigenvalue weighted by molar-refractivity contribution is 7.99. The molecule has 0 aliphatic heterocycles. The molecule has 13 heteroatoms. The SMILES string of the molecule is CCCn1c(SCC(=O)NC(=O)NCC(F)(F)F)nc2ccc(C(F)(F)F)cc21. The Morgan fingerprint density at radius 1 is 1.17 bits per heavy atom. The maximum Gasteiger partial charge on any atom is 0.416 e. The van der Waals surface area contributed by atoms with Gasteiger partial charge in [0.05, 0.1) is 22.3 Å². The van der Waals surface area contributed by atoms with E-state index in [2.05, 4.69) is 4.98 Å². The second kappa shape index (κ2) is 8.93. The molecule has 0 saturated heterocycles. The number of nitrogens with zero attached hydrogens (tertiary/aromatic N) is 2. The average molecular weight is 442 g/mol. The number of aromatic nitrogens is 2. The highest BCUT2D eigenvalue weighted by Gasteiger charge is 2.31. The van der Waals surface area contributed by atoms with Gasteiger partial charge in [0.25, 0.3) is 0 Å². The summed E-state index contributed by atoms with van der Waals surface area (Å²) < 4.78 is 76.5. The number of amides is 3. The molecule has 1 aromatic heterocycles. The lowest BCUT2D eigenvalue weighted by molar-refractivity contribution is -0.137. The number of hydrogen-bond acceptors (Lipinski definition) is 4. The number of imide groups is 1. The predicted octanol–water partition coefficient (Wildman–Crippen LogP) is 3.95. The van der Waals surface area contributed by atoms with Crippen LogP contribution in [0.5, 0.6) is 0 Å². The zero-order valence-electron chi connectivity index (χ0n) is 14.9. The minimum atomic E-state index is -4.62. The monoisotopic (exact) mass is 442 g/mol. The van der Waals surface area contributed by atoms with Gasteiger partial charge in [-0.3, -0.25) is 10.1 Å². The van der Waals surface area contributed by atoms with E-state index in [1.807, 2.05) is 6.92 Å². The summed E-state index contributed by atoms with van der Waals surface area (Å²) in [5.41, 5.74) is -0.289. The standard InChI is InChI=1S/C16H16F6N4O2S/c1-2-5-26-11-6-9(16(20,21)22)3-4-10(11)24-14(26)29-7-12(27)25-13(28)23-8-15(17,18)19/h3-4,6H,2,5,7-8H2,1H3,(H2,23,25,27,28). The Morgan fingerprint density at radius 3 is 2.45 bits per heavy atom. The Bertz CT molecular complexity index is 894. The molecule has 0 saturated carbocycles. The molecule has 29 heavy (non-hydrogen) atoms. The summed E-state index contributed by atoms with van der Waals surface area (Å²) in [6.45, 7) is 0.562. The van der Waals surface area contributed by atoms with E-state index in [0.717, 1.165) is 23.9 Å². The third-order valence-corrected chi connectivity index (χ3v) is 4.50. The lowest BCUT2D eigenvalue weighted by Crippen LogP contribution is -2.43. The number of aryl methyl sites for hydroxylation is 1. The number of thioether (sulfide) groups is 1. The van der Waals surface area contributed by atoms with E-state index in [9.17, 15) is 35.9 Å². The zero-order chi connectivity index (χ0) is 21.8. The number of nitrogens with one attached hydrogen (secondary N) is 2. The maximum atomic E-state index is 13.0. The molecule has 0 fully saturated rings. The summed E-state index contributed by atoms with van der Waals surface area (Å²) in [4.78, 5) is 27.2. The number of imidazole rings is 1. The van der Waals surface area contributed by atoms with Gasteiger partial charge < -0.3 is 9.88 Å². The molecule has 0 aliphatic carbocycles. The molecule has 0 radical (unpaired) electrons. The van der Waals surface area contributed by atoms with Gasteiger partial charge in [-0.25, -0.2) is 9.78 Å². The van der Waals surface area contributed by atoms with Crippen LogP contribution in [0, 0.1) is 0 Å². The van der Waals surface area contributed by atoms with E-state index in [1.165, 1.54) is 16.0 Å². The molecule has 160 valence electrons. The second-order valence-electron chi connectivity index (χ2n) is 5.88. The van der Waals surface area contributed by atoms with Gasteiger partial charge in [0.2, 0.25) is 5.91 Å². The fourth-order valence-electron chi connectivity index (χ4n) is 2.34. The van der Waals surface area contributed by atoms with Crippen LogP contribution < -0.4 is 10.6 Å². The highest BCUT2D eigenvalue weighted by Crippen LogP contribution is 2.33. The molecule has 2 rings (SSSR count). The van der Waals surface area contributed by atoms with E-state index < -0.39 is 36.4 Å². The Kier molecular flexibility index (Phi) is 7.03. The number of urea groups is 1. The number of alkyl halides is 6. The van der Waals surface area contributed by atoms with Crippen LogP contribution in [0.2, 0.25) is 0 Å². The molecule has 0 unspecified atom stereocenters. The van der Waals surface area contributed by atoms with Gasteiger partial charge in [-0.2, -0.15) is 26.3 Å². The molecule has 0 aliphatic rings. The number of carbonyl (C=O) groups is 2. The number of halogens is 6. The molecule has 2 aromatic rings. The number of hydrogen-bond donors (Lipinski definition) is 2. The minimum absolute atomic E-state index is 0.243. The lowest BCUT2D eigenvalue weighted by atomic mass is 10.2. The summed E-state index contributed by atoms with van der Waals surface area (Å²) in [6.07, 6.45) is -8.55. The van der Waals surface area contributed by atoms with Crippen LogP contribution in [-0.2, 0) is 17.5 Å². The van der Waals surface area contributed by atoms with E-state index in [0.29, 0.717) is 18.5 Å². The molecule has 1 aromatic carbocycles. The van der Waals surface area contributed by atoms with Crippen LogP contribution in [0.25, 0.3) is 11.0 Å². The van der Waals surface area contributed by atoms with E-state index in [4.69, 9.17) is 0 Å². The lowest BCUT2D eigenvalue weighted by Gasteiger charge is -2.10. The van der Waals surface area contributed by atoms with Crippen molar-refractivity contribution in [1.29, 1.82) is 0 Å². The molecular weight excluding hydrogens is 426 g/mol. The smallest absolute Gasteiger partial charge is 0.329 e. The van der Waals surface area contributed by atoms with Crippen molar-refractivity contribution in [3.05, 3.63) is 23.8 Å². The van der Waals surface area contributed by atoms with Gasteiger partial charge in [-0.1, -0.05) is 18.7 Å². The first-order valence-electron chi connectivity index (χ1n) is 8.25. The van der Waals surface area contributed by atoms with Crippen molar-refractivity contribution in [3.63, 3.8) is 0 Å². The minimum Gasteiger partial charge on any atom is -0.329 e. The Morgan fingerprint density at radius 2 is 1.86 bits per heavy atom. The topological polar surface area (TPSA) is 76.0 Å². The van der Waals surface area contributed by atoms with Crippen molar-refractivity contribution in [3.8, 4) is 0 Å². The quantitative estimate of drug-likeness (QED) is 0.525. The molecule has 0 spiro atoms. The second-order valence-corrected chi connectivity index (χ2v) is 6.82. The molecule has 0 atom stereocenters. The van der Waals surface area contributed by atoms with Crippen LogP contribution in [0.1, 0.15) is 18.9 Å². The van der Waals surface area contributed by atoms with Gasteiger partial charge in [-0.15, -0.1) is 0 Å². The Balaban J connectivity index is 2.10. The molecular formula is C16H16F6N4O2S. The molecule has 3 amide bonds. The van der Waals surface area contributed by atoms with Gasteiger partial charge in [0.15, 0.2) is 5.16 Å². The van der Waals surface area contributed by atoms with Crippen LogP contribution in [0.3, 0.4) is 0 Å². The van der Waals surface area contributed by atoms with E-state index >= 15 is 0 Å². The van der Waals surface area contributed by atoms with Crippen LogP contribution >= 0.6 is 11.8 Å². The van der Waals surface area contributed by atoms with Crippen molar-refractivity contribution in [2.45, 2.75) is 37.4 Å². The van der Waals surface area contributed by atoms with Crippen LogP contribution in [0.15, 0.2) is 23.4 Å². The molecule has 6 nitrogen and oxygen atoms in total. The van der Waals surface area contributed by atoms with Crippen molar-refractivity contribution in [2.24, 2.45) is 0 Å². The Labute approximate surface area is 165 Å². The Hall–Kier alpha value is -2.44. The summed E-state index contributed by atoms with van der Waals surface area (Å²) >= 11 is 0.856. The first-order chi connectivity index (χ1) is 13.4. The van der Waals surface area contributed by atoms with Gasteiger partial charge in [-0.05, 0) is 24.6 Å². The first kappa shape index (κ1) is 22.8. The van der Waals surface area contributed by atoms with Gasteiger partial charge >= 0.3 is 18.4 Å². The number of fused-ring (bicyclic) bond motifs is 1. The van der Waals surface area contributed by atoms with Crippen molar-refractivity contribution >= 4 is 34.7 Å². The zero-order valence-corrected chi connectivity index (χ0v) is 15.8. The molecule has 1 heterocycles. The van der Waals surface area contributed by atoms with E-state index in [-0.39, 0.29) is 16.4 Å². The molecule has 2 N–H and O–H groups in total. The average Bonchev–Trinajstić information content (AvgIpc) is 2.94. The third-order valence-electron chi connectivity index (χ3n) is 3.52. The number of benzene rings is 1. The van der Waals surface area contributed by atoms with E-state index in [1.54, 1.807) is 5.32 Å². The number of carbonyl (C=O) groups excluding carboxylic acids is 2. The predicted molar refractivity (Wildman–Crippen MR) is 93.3 cm³/mol. The van der Waals surface area contributed by atoms with Crippen molar-refractivity contribution in [2.75, 3.05) is 12.3 Å². The summed E-state index contributed by atoms with van der Waals surface area (Å²) in [6, 6.07) is 1.79. The highest BCUT2D eigenvalue weighted by atomic mass is 32.2. The summed E-state index contributed by atoms with van der Waals surface area (Å²) in [5.74, 6) is -1.24. The van der Waals surface area contributed by atoms with Crippen LogP contribution in [-0.4, -0.2) is 40.0 Å². The number of rotatable bonds is 6. The normalized spacial score (nSPS) is 12.2. The maximum absolute atomic E-state index is 13.0. The summed E-state index contributed by atoms with van der Waals surface area (Å²) in [5, 5.41) is 3.49. The first-order valence-corrected chi connectivity index (χ1v) is 9.24. The largest absolute Gasteiger partial charge is 0.416 e. The van der Waals surface area contributed by atoms with Crippen molar-refractivity contribution < 1.29 is 35.9 Å². The third kappa shape index (κ3) is 6.54. The fraction of sp³-hybridized carbons (Fsp3) is 0.438. The fourth-order valence-corrected chi connectivity index (χ4v) is 3.19.